The standard InChI is InChI=1S/C21H22ClN3O3/c1-14-4-6-17(11-18(14)22)25-21(26)16(12-23)13-24-9-8-15-5-7-19(27-2)20(10-15)28-3/h4-7,10-11,13,24H,8-9H2,1-3H3,(H,25,26)/b16-13-. The molecule has 2 aromatic carbocycles. The third-order valence-electron chi connectivity index (χ3n) is 4.05. The van der Waals surface area contributed by atoms with E-state index in [1.165, 1.54) is 6.20 Å². The molecule has 0 unspecified atom stereocenters. The van der Waals surface area contributed by atoms with Crippen molar-refractivity contribution >= 4 is 23.2 Å². The fourth-order valence-corrected chi connectivity index (χ4v) is 2.63. The average molecular weight is 400 g/mol. The van der Waals surface area contributed by atoms with Crippen molar-refractivity contribution in [2.24, 2.45) is 0 Å². The van der Waals surface area contributed by atoms with Crippen LogP contribution in [0.1, 0.15) is 11.1 Å². The molecular weight excluding hydrogens is 378 g/mol. The van der Waals surface area contributed by atoms with Gasteiger partial charge in [0.15, 0.2) is 11.5 Å². The molecule has 0 fully saturated rings. The highest BCUT2D eigenvalue weighted by Crippen LogP contribution is 2.27. The summed E-state index contributed by atoms with van der Waals surface area (Å²) in [5.41, 5.74) is 2.46. The molecule has 146 valence electrons. The van der Waals surface area contributed by atoms with Crippen LogP contribution in [0.4, 0.5) is 5.69 Å². The zero-order valence-electron chi connectivity index (χ0n) is 16.0. The first kappa shape index (κ1) is 21.1. The molecule has 0 atom stereocenters. The number of nitrogens with one attached hydrogen (secondary N) is 2. The summed E-state index contributed by atoms with van der Waals surface area (Å²) in [6, 6.07) is 12.7. The molecule has 1 amide bonds. The van der Waals surface area contributed by atoms with E-state index in [-0.39, 0.29) is 5.57 Å². The maximum absolute atomic E-state index is 12.2. The molecular formula is C21H22ClN3O3. The molecule has 0 radical (unpaired) electrons. The van der Waals surface area contributed by atoms with Gasteiger partial charge in [0.05, 0.1) is 14.2 Å². The highest BCUT2D eigenvalue weighted by Gasteiger charge is 2.10. The highest BCUT2D eigenvalue weighted by atomic mass is 35.5. The van der Waals surface area contributed by atoms with E-state index in [1.807, 2.05) is 31.2 Å². The van der Waals surface area contributed by atoms with Gasteiger partial charge < -0.3 is 20.1 Å². The van der Waals surface area contributed by atoms with Crippen LogP contribution in [-0.4, -0.2) is 26.7 Å². The van der Waals surface area contributed by atoms with Gasteiger partial charge in [-0.15, -0.1) is 0 Å². The maximum Gasteiger partial charge on any atom is 0.267 e. The molecule has 0 heterocycles. The van der Waals surface area contributed by atoms with Crippen LogP contribution in [0.5, 0.6) is 11.5 Å². The van der Waals surface area contributed by atoms with E-state index in [9.17, 15) is 10.1 Å². The van der Waals surface area contributed by atoms with E-state index in [4.69, 9.17) is 21.1 Å². The largest absolute Gasteiger partial charge is 0.493 e. The molecule has 28 heavy (non-hydrogen) atoms. The van der Waals surface area contributed by atoms with E-state index in [1.54, 1.807) is 32.4 Å². The van der Waals surface area contributed by atoms with E-state index in [2.05, 4.69) is 10.6 Å². The normalized spacial score (nSPS) is 10.8. The molecule has 0 bridgehead atoms. The quantitative estimate of drug-likeness (QED) is 0.400. The van der Waals surface area contributed by atoms with Crippen LogP contribution < -0.4 is 20.1 Å². The summed E-state index contributed by atoms with van der Waals surface area (Å²) in [6.45, 7) is 2.42. The van der Waals surface area contributed by atoms with Crippen LogP contribution in [0.15, 0.2) is 48.2 Å². The lowest BCUT2D eigenvalue weighted by molar-refractivity contribution is -0.112. The number of halogens is 1. The topological polar surface area (TPSA) is 83.4 Å². The summed E-state index contributed by atoms with van der Waals surface area (Å²) in [4.78, 5) is 12.2. The second kappa shape index (κ2) is 10.2. The van der Waals surface area contributed by atoms with E-state index < -0.39 is 5.91 Å². The lowest BCUT2D eigenvalue weighted by Gasteiger charge is -2.10. The van der Waals surface area contributed by atoms with Crippen LogP contribution in [0.3, 0.4) is 0 Å². The Bertz CT molecular complexity index is 920. The molecule has 0 aliphatic heterocycles. The number of hydrogen-bond donors (Lipinski definition) is 2. The number of methoxy groups -OCH3 is 2. The molecule has 0 saturated heterocycles. The molecule has 2 aromatic rings. The Labute approximate surface area is 169 Å². The number of anilines is 1. The van der Waals surface area contributed by atoms with Gasteiger partial charge in [0.2, 0.25) is 0 Å². The summed E-state index contributed by atoms with van der Waals surface area (Å²) >= 11 is 6.05. The predicted molar refractivity (Wildman–Crippen MR) is 110 cm³/mol. The fourth-order valence-electron chi connectivity index (χ4n) is 2.44. The summed E-state index contributed by atoms with van der Waals surface area (Å²) in [6.07, 6.45) is 2.09. The second-order valence-electron chi connectivity index (χ2n) is 5.98. The Morgan fingerprint density at radius 3 is 2.57 bits per heavy atom. The molecule has 2 rings (SSSR count). The Morgan fingerprint density at radius 1 is 1.18 bits per heavy atom. The monoisotopic (exact) mass is 399 g/mol. The van der Waals surface area contributed by atoms with Gasteiger partial charge in [0.25, 0.3) is 5.91 Å². The lowest BCUT2D eigenvalue weighted by atomic mass is 10.1. The third kappa shape index (κ3) is 5.66. The van der Waals surface area contributed by atoms with Crippen LogP contribution in [0, 0.1) is 18.3 Å². The molecule has 0 aliphatic carbocycles. The summed E-state index contributed by atoms with van der Waals surface area (Å²) in [5, 5.41) is 15.4. The Morgan fingerprint density at radius 2 is 1.93 bits per heavy atom. The number of amides is 1. The van der Waals surface area contributed by atoms with Gasteiger partial charge in [-0.2, -0.15) is 5.26 Å². The SMILES string of the molecule is COc1ccc(CCN/C=C(/C#N)C(=O)Nc2ccc(C)c(Cl)c2)cc1OC. The van der Waals surface area contributed by atoms with Crippen molar-refractivity contribution in [2.45, 2.75) is 13.3 Å². The van der Waals surface area contributed by atoms with Crippen molar-refractivity contribution < 1.29 is 14.3 Å². The molecule has 7 heteroatoms. The first-order valence-corrected chi connectivity index (χ1v) is 8.98. The molecule has 6 nitrogen and oxygen atoms in total. The van der Waals surface area contributed by atoms with Crippen molar-refractivity contribution in [1.29, 1.82) is 5.26 Å². The first-order valence-electron chi connectivity index (χ1n) is 8.60. The van der Waals surface area contributed by atoms with E-state index in [0.717, 1.165) is 11.1 Å². The van der Waals surface area contributed by atoms with Crippen molar-refractivity contribution in [3.63, 3.8) is 0 Å². The average Bonchev–Trinajstić information content (AvgIpc) is 2.70. The first-order chi connectivity index (χ1) is 13.5. The number of benzene rings is 2. The summed E-state index contributed by atoms with van der Waals surface area (Å²) < 4.78 is 10.5. The molecule has 0 aromatic heterocycles. The number of carbonyl (C=O) groups excluding carboxylic acids is 1. The van der Waals surface area contributed by atoms with Crippen molar-refractivity contribution in [2.75, 3.05) is 26.1 Å². The zero-order valence-corrected chi connectivity index (χ0v) is 16.8. The van der Waals surface area contributed by atoms with Crippen LogP contribution in [0.25, 0.3) is 0 Å². The Balaban J connectivity index is 1.93. The van der Waals surface area contributed by atoms with Gasteiger partial charge >= 0.3 is 0 Å². The maximum atomic E-state index is 12.2. The number of hydrogen-bond acceptors (Lipinski definition) is 5. The number of carbonyl (C=O) groups is 1. The number of nitriles is 1. The van der Waals surface area contributed by atoms with Gasteiger partial charge in [-0.25, -0.2) is 0 Å². The number of ether oxygens (including phenoxy) is 2. The Kier molecular flexibility index (Phi) is 7.73. The third-order valence-corrected chi connectivity index (χ3v) is 4.45. The highest BCUT2D eigenvalue weighted by molar-refractivity contribution is 6.31. The number of nitrogens with zero attached hydrogens (tertiary/aromatic N) is 1. The second-order valence-corrected chi connectivity index (χ2v) is 6.39. The smallest absolute Gasteiger partial charge is 0.267 e. The van der Waals surface area contributed by atoms with Crippen molar-refractivity contribution in [3.8, 4) is 17.6 Å². The van der Waals surface area contributed by atoms with Gasteiger partial charge in [0, 0.05) is 23.5 Å². The number of aryl methyl sites for hydroxylation is 1. The molecule has 0 saturated carbocycles. The molecule has 2 N–H and O–H groups in total. The fraction of sp³-hybridized carbons (Fsp3) is 0.238. The van der Waals surface area contributed by atoms with Gasteiger partial charge in [-0.05, 0) is 48.7 Å². The van der Waals surface area contributed by atoms with Gasteiger partial charge in [0.1, 0.15) is 11.6 Å². The summed E-state index contributed by atoms with van der Waals surface area (Å²) in [5.74, 6) is 0.823. The lowest BCUT2D eigenvalue weighted by Crippen LogP contribution is -2.18. The zero-order chi connectivity index (χ0) is 20.5. The minimum Gasteiger partial charge on any atom is -0.493 e. The predicted octanol–water partition coefficient (Wildman–Crippen LogP) is 3.84. The minimum absolute atomic E-state index is 0.0241. The van der Waals surface area contributed by atoms with Gasteiger partial charge in [-0.1, -0.05) is 23.7 Å². The van der Waals surface area contributed by atoms with Crippen molar-refractivity contribution in [3.05, 3.63) is 64.3 Å². The van der Waals surface area contributed by atoms with Gasteiger partial charge in [-0.3, -0.25) is 4.79 Å². The molecule has 0 spiro atoms. The van der Waals surface area contributed by atoms with Crippen LogP contribution >= 0.6 is 11.6 Å². The molecule has 0 aliphatic rings. The Hall–Kier alpha value is -3.17. The van der Waals surface area contributed by atoms with E-state index >= 15 is 0 Å². The number of rotatable bonds is 8. The summed E-state index contributed by atoms with van der Waals surface area (Å²) in [7, 11) is 3.17. The van der Waals surface area contributed by atoms with Crippen LogP contribution in [0.2, 0.25) is 5.02 Å². The van der Waals surface area contributed by atoms with Crippen molar-refractivity contribution in [1.82, 2.24) is 5.32 Å². The minimum atomic E-state index is -0.499. The van der Waals surface area contributed by atoms with Crippen LogP contribution in [-0.2, 0) is 11.2 Å². The van der Waals surface area contributed by atoms with E-state index in [0.29, 0.717) is 35.2 Å².